The van der Waals surface area contributed by atoms with Crippen molar-refractivity contribution in [1.29, 1.82) is 0 Å². The summed E-state index contributed by atoms with van der Waals surface area (Å²) in [5.74, 6) is -0.261. The molecule has 0 aliphatic carbocycles. The molecule has 4 heterocycles. The van der Waals surface area contributed by atoms with Crippen LogP contribution in [0.15, 0.2) is 52.8 Å². The minimum Gasteiger partial charge on any atom is -0.317 e. The van der Waals surface area contributed by atoms with Crippen LogP contribution in [0.3, 0.4) is 0 Å². The van der Waals surface area contributed by atoms with Crippen molar-refractivity contribution in [2.45, 2.75) is 0 Å². The number of aromatic nitrogens is 4. The molecule has 0 unspecified atom stereocenters. The third kappa shape index (κ3) is 3.21. The first-order valence-corrected chi connectivity index (χ1v) is 9.27. The van der Waals surface area contributed by atoms with Gasteiger partial charge in [0.05, 0.1) is 11.4 Å². The number of thiophene rings is 1. The molecule has 25 heavy (non-hydrogen) atoms. The number of anilines is 1. The molecular weight excluding hydrogens is 354 g/mol. The van der Waals surface area contributed by atoms with Gasteiger partial charge < -0.3 is 5.32 Å². The Labute approximate surface area is 151 Å². The van der Waals surface area contributed by atoms with Crippen LogP contribution in [0.25, 0.3) is 22.0 Å². The van der Waals surface area contributed by atoms with Crippen molar-refractivity contribution in [3.05, 3.63) is 58.5 Å². The molecule has 4 rings (SSSR count). The molecule has 0 aromatic carbocycles. The van der Waals surface area contributed by atoms with Gasteiger partial charge in [0.25, 0.3) is 5.91 Å². The summed E-state index contributed by atoms with van der Waals surface area (Å²) in [7, 11) is 1.81. The van der Waals surface area contributed by atoms with Crippen LogP contribution in [-0.2, 0) is 7.05 Å². The molecule has 1 N–H and O–H groups in total. The zero-order valence-corrected chi connectivity index (χ0v) is 14.8. The van der Waals surface area contributed by atoms with E-state index in [4.69, 9.17) is 0 Å². The van der Waals surface area contributed by atoms with Gasteiger partial charge in [-0.25, -0.2) is 4.98 Å². The van der Waals surface area contributed by atoms with E-state index in [2.05, 4.69) is 20.4 Å². The van der Waals surface area contributed by atoms with Crippen LogP contribution in [0.4, 0.5) is 5.69 Å². The average molecular weight is 367 g/mol. The Morgan fingerprint density at radius 3 is 2.92 bits per heavy atom. The van der Waals surface area contributed by atoms with Crippen LogP contribution >= 0.6 is 22.7 Å². The highest BCUT2D eigenvalue weighted by molar-refractivity contribution is 7.14. The first-order valence-electron chi connectivity index (χ1n) is 7.45. The lowest BCUT2D eigenvalue weighted by Gasteiger charge is -2.03. The molecule has 0 bridgehead atoms. The van der Waals surface area contributed by atoms with Crippen LogP contribution < -0.4 is 5.32 Å². The highest BCUT2D eigenvalue weighted by atomic mass is 32.1. The summed E-state index contributed by atoms with van der Waals surface area (Å²) in [5.41, 5.74) is 3.36. The van der Waals surface area contributed by atoms with Gasteiger partial charge in [-0.2, -0.15) is 16.4 Å². The van der Waals surface area contributed by atoms with E-state index in [1.807, 2.05) is 35.0 Å². The van der Waals surface area contributed by atoms with E-state index in [0.29, 0.717) is 22.8 Å². The second-order valence-electron chi connectivity index (χ2n) is 5.28. The Bertz CT molecular complexity index is 1010. The Morgan fingerprint density at radius 1 is 1.24 bits per heavy atom. The third-order valence-corrected chi connectivity index (χ3v) is 5.06. The van der Waals surface area contributed by atoms with E-state index >= 15 is 0 Å². The van der Waals surface area contributed by atoms with Crippen LogP contribution in [0.5, 0.6) is 0 Å². The van der Waals surface area contributed by atoms with Gasteiger partial charge in [0.15, 0.2) is 0 Å². The van der Waals surface area contributed by atoms with E-state index in [1.165, 1.54) is 11.3 Å². The van der Waals surface area contributed by atoms with E-state index in [-0.39, 0.29) is 5.91 Å². The number of hydrogen-bond donors (Lipinski definition) is 1. The molecular formula is C17H13N5OS2. The smallest absolute Gasteiger partial charge is 0.275 e. The zero-order valence-electron chi connectivity index (χ0n) is 13.2. The van der Waals surface area contributed by atoms with Crippen molar-refractivity contribution in [2.24, 2.45) is 7.05 Å². The lowest BCUT2D eigenvalue weighted by atomic mass is 10.2. The molecule has 4 aromatic heterocycles. The molecule has 124 valence electrons. The number of thiazole rings is 1. The first kappa shape index (κ1) is 15.7. The molecule has 0 saturated heterocycles. The number of aryl methyl sites for hydroxylation is 1. The van der Waals surface area contributed by atoms with Gasteiger partial charge in [0, 0.05) is 35.8 Å². The van der Waals surface area contributed by atoms with Crippen LogP contribution in [-0.4, -0.2) is 25.7 Å². The molecule has 4 aromatic rings. The maximum absolute atomic E-state index is 12.6. The van der Waals surface area contributed by atoms with Gasteiger partial charge in [-0.1, -0.05) is 6.07 Å². The van der Waals surface area contributed by atoms with Gasteiger partial charge in [-0.3, -0.25) is 14.5 Å². The molecule has 0 spiro atoms. The number of hydrogen-bond acceptors (Lipinski definition) is 6. The summed E-state index contributed by atoms with van der Waals surface area (Å²) in [4.78, 5) is 21.3. The molecule has 0 saturated carbocycles. The molecule has 0 aliphatic heterocycles. The van der Waals surface area contributed by atoms with Crippen molar-refractivity contribution in [3.8, 4) is 22.0 Å². The third-order valence-electron chi connectivity index (χ3n) is 3.49. The summed E-state index contributed by atoms with van der Waals surface area (Å²) >= 11 is 3.06. The SMILES string of the molecule is Cn1cc(NC(=O)c2csc(-c3ccsc3)n2)c(-c2ccccn2)n1. The summed E-state index contributed by atoms with van der Waals surface area (Å²) < 4.78 is 1.65. The van der Waals surface area contributed by atoms with Crippen molar-refractivity contribution < 1.29 is 4.79 Å². The van der Waals surface area contributed by atoms with Gasteiger partial charge >= 0.3 is 0 Å². The largest absolute Gasteiger partial charge is 0.317 e. The number of amides is 1. The van der Waals surface area contributed by atoms with E-state index in [9.17, 15) is 4.79 Å². The summed E-state index contributed by atoms with van der Waals surface area (Å²) in [6.45, 7) is 0. The first-order chi connectivity index (χ1) is 12.2. The molecule has 8 heteroatoms. The fourth-order valence-corrected chi connectivity index (χ4v) is 3.87. The quantitative estimate of drug-likeness (QED) is 0.593. The summed E-state index contributed by atoms with van der Waals surface area (Å²) in [6, 6.07) is 7.57. The molecule has 1 amide bonds. The van der Waals surface area contributed by atoms with Crippen molar-refractivity contribution >= 4 is 34.3 Å². The van der Waals surface area contributed by atoms with Crippen molar-refractivity contribution in [2.75, 3.05) is 5.32 Å². The van der Waals surface area contributed by atoms with Crippen molar-refractivity contribution in [3.63, 3.8) is 0 Å². The predicted molar refractivity (Wildman–Crippen MR) is 99.8 cm³/mol. The zero-order chi connectivity index (χ0) is 17.2. The summed E-state index contributed by atoms with van der Waals surface area (Å²) in [5, 5.41) is 13.9. The van der Waals surface area contributed by atoms with Gasteiger partial charge in [0.2, 0.25) is 0 Å². The van der Waals surface area contributed by atoms with Gasteiger partial charge in [-0.05, 0) is 23.6 Å². The Kier molecular flexibility index (Phi) is 4.12. The second kappa shape index (κ2) is 6.58. The number of nitrogens with one attached hydrogen (secondary N) is 1. The molecule has 0 fully saturated rings. The van der Waals surface area contributed by atoms with Gasteiger partial charge in [-0.15, -0.1) is 11.3 Å². The van der Waals surface area contributed by atoms with E-state index in [1.54, 1.807) is 40.8 Å². The molecule has 0 atom stereocenters. The summed E-state index contributed by atoms with van der Waals surface area (Å²) in [6.07, 6.45) is 3.46. The van der Waals surface area contributed by atoms with E-state index in [0.717, 1.165) is 10.6 Å². The standard InChI is InChI=1S/C17H13N5OS2/c1-22-8-13(15(21-22)12-4-2-3-6-18-12)19-16(23)14-10-25-17(20-14)11-5-7-24-9-11/h2-10H,1H3,(H,19,23). The lowest BCUT2D eigenvalue weighted by Crippen LogP contribution is -2.12. The fraction of sp³-hybridized carbons (Fsp3) is 0.0588. The maximum atomic E-state index is 12.6. The topological polar surface area (TPSA) is 72.7 Å². The van der Waals surface area contributed by atoms with Crippen LogP contribution in [0, 0.1) is 0 Å². The van der Waals surface area contributed by atoms with Crippen molar-refractivity contribution in [1.82, 2.24) is 19.7 Å². The minimum absolute atomic E-state index is 0.261. The monoisotopic (exact) mass is 367 g/mol. The van der Waals surface area contributed by atoms with E-state index < -0.39 is 0 Å². The number of rotatable bonds is 4. The normalized spacial score (nSPS) is 10.8. The molecule has 0 aliphatic rings. The maximum Gasteiger partial charge on any atom is 0.275 e. The second-order valence-corrected chi connectivity index (χ2v) is 6.92. The highest BCUT2D eigenvalue weighted by Gasteiger charge is 2.17. The van der Waals surface area contributed by atoms with Gasteiger partial charge in [0.1, 0.15) is 16.4 Å². The Balaban J connectivity index is 1.60. The Morgan fingerprint density at radius 2 is 2.16 bits per heavy atom. The average Bonchev–Trinajstić information content (AvgIpc) is 3.36. The minimum atomic E-state index is -0.261. The Hall–Kier alpha value is -2.84. The number of carbonyl (C=O) groups excluding carboxylic acids is 1. The predicted octanol–water partition coefficient (Wildman–Crippen LogP) is 3.92. The van der Waals surface area contributed by atoms with Crippen LogP contribution in [0.1, 0.15) is 10.5 Å². The fourth-order valence-electron chi connectivity index (χ4n) is 2.36. The number of carbonyl (C=O) groups is 1. The number of nitrogens with zero attached hydrogens (tertiary/aromatic N) is 4. The highest BCUT2D eigenvalue weighted by Crippen LogP contribution is 2.27. The molecule has 6 nitrogen and oxygen atoms in total. The van der Waals surface area contributed by atoms with Crippen LogP contribution in [0.2, 0.25) is 0 Å². The number of pyridine rings is 1. The lowest BCUT2D eigenvalue weighted by molar-refractivity contribution is 0.102. The molecule has 0 radical (unpaired) electrons.